The second-order valence-corrected chi connectivity index (χ2v) is 4.17. The molecule has 0 amide bonds. The molecule has 114 valence electrons. The number of hydrogen-bond acceptors (Lipinski definition) is 6. The van der Waals surface area contributed by atoms with Gasteiger partial charge in [-0.15, -0.1) is 0 Å². The molecule has 1 unspecified atom stereocenters. The molecule has 0 radical (unpaired) electrons. The maximum absolute atomic E-state index is 11.3. The normalized spacial score (nSPS) is 11.3. The summed E-state index contributed by atoms with van der Waals surface area (Å²) in [6, 6.07) is 0. The molecule has 0 aromatic heterocycles. The van der Waals surface area contributed by atoms with Crippen LogP contribution in [0.2, 0.25) is 0 Å². The third-order valence-electron chi connectivity index (χ3n) is 2.53. The third-order valence-corrected chi connectivity index (χ3v) is 2.53. The summed E-state index contributed by atoms with van der Waals surface area (Å²) in [6.45, 7) is 7.25. The Morgan fingerprint density at radius 2 is 1.75 bits per heavy atom. The van der Waals surface area contributed by atoms with Crippen molar-refractivity contribution in [1.82, 2.24) is 0 Å². The number of hydrogen-bond donors (Lipinski definition) is 0. The average molecular weight is 286 g/mol. The summed E-state index contributed by atoms with van der Waals surface area (Å²) in [5.74, 6) is -1.42. The van der Waals surface area contributed by atoms with Crippen molar-refractivity contribution >= 4 is 17.9 Å². The molecule has 0 saturated carbocycles. The summed E-state index contributed by atoms with van der Waals surface area (Å²) in [4.78, 5) is 33.3. The first kappa shape index (κ1) is 18.1. The molecule has 0 aliphatic rings. The molecule has 0 aromatic carbocycles. The van der Waals surface area contributed by atoms with E-state index in [0.717, 1.165) is 6.08 Å². The van der Waals surface area contributed by atoms with Crippen LogP contribution in [-0.2, 0) is 28.6 Å². The number of carbonyl (C=O) groups excluding carboxylic acids is 3. The highest BCUT2D eigenvalue weighted by atomic mass is 16.6. The van der Waals surface area contributed by atoms with E-state index < -0.39 is 11.9 Å². The van der Waals surface area contributed by atoms with Crippen LogP contribution in [-0.4, -0.2) is 37.7 Å². The molecule has 0 bridgehead atoms. The van der Waals surface area contributed by atoms with Gasteiger partial charge in [0.05, 0.1) is 25.6 Å². The van der Waals surface area contributed by atoms with Gasteiger partial charge in [-0.1, -0.05) is 20.4 Å². The molecule has 0 N–H and O–H groups in total. The lowest BCUT2D eigenvalue weighted by Crippen LogP contribution is -2.17. The van der Waals surface area contributed by atoms with Gasteiger partial charge < -0.3 is 14.2 Å². The summed E-state index contributed by atoms with van der Waals surface area (Å²) >= 11 is 0. The number of rotatable bonds is 10. The standard InChI is InChI=1S/C14H22O6/c1-4-11(3)14(17)20-10-7-13(16)19-9-6-8-18-12(15)5-2/h5,11H,2,4,6-10H2,1,3H3. The largest absolute Gasteiger partial charge is 0.465 e. The number of ether oxygens (including phenoxy) is 3. The third kappa shape index (κ3) is 9.13. The quantitative estimate of drug-likeness (QED) is 0.263. The van der Waals surface area contributed by atoms with E-state index in [9.17, 15) is 14.4 Å². The smallest absolute Gasteiger partial charge is 0.330 e. The minimum absolute atomic E-state index is 0.0213. The fourth-order valence-electron chi connectivity index (χ4n) is 1.09. The zero-order valence-electron chi connectivity index (χ0n) is 12.1. The highest BCUT2D eigenvalue weighted by Gasteiger charge is 2.12. The van der Waals surface area contributed by atoms with Crippen molar-refractivity contribution in [3.8, 4) is 0 Å². The van der Waals surface area contributed by atoms with Gasteiger partial charge in [0.2, 0.25) is 0 Å². The first-order chi connectivity index (χ1) is 9.51. The predicted molar refractivity (Wildman–Crippen MR) is 71.8 cm³/mol. The fraction of sp³-hybridized carbons (Fsp3) is 0.643. The van der Waals surface area contributed by atoms with E-state index in [-0.39, 0.29) is 38.1 Å². The summed E-state index contributed by atoms with van der Waals surface area (Å²) in [7, 11) is 0. The molecule has 0 heterocycles. The highest BCUT2D eigenvalue weighted by Crippen LogP contribution is 2.03. The Bertz CT molecular complexity index is 337. The predicted octanol–water partition coefficient (Wildman–Crippen LogP) is 1.63. The van der Waals surface area contributed by atoms with Crippen LogP contribution in [0.5, 0.6) is 0 Å². The number of esters is 3. The molecule has 0 saturated heterocycles. The zero-order chi connectivity index (χ0) is 15.4. The van der Waals surface area contributed by atoms with Crippen molar-refractivity contribution in [3.63, 3.8) is 0 Å². The average Bonchev–Trinajstić information content (AvgIpc) is 2.45. The zero-order valence-corrected chi connectivity index (χ0v) is 12.1. The minimum atomic E-state index is -0.506. The lowest BCUT2D eigenvalue weighted by Gasteiger charge is -2.09. The van der Waals surface area contributed by atoms with Gasteiger partial charge >= 0.3 is 17.9 Å². The van der Waals surface area contributed by atoms with Crippen molar-refractivity contribution in [1.29, 1.82) is 0 Å². The Balaban J connectivity index is 3.53. The van der Waals surface area contributed by atoms with Gasteiger partial charge in [-0.3, -0.25) is 9.59 Å². The topological polar surface area (TPSA) is 78.9 Å². The number of carbonyl (C=O) groups is 3. The minimum Gasteiger partial charge on any atom is -0.465 e. The van der Waals surface area contributed by atoms with Crippen molar-refractivity contribution in [2.24, 2.45) is 5.92 Å². The van der Waals surface area contributed by atoms with Crippen molar-refractivity contribution < 1.29 is 28.6 Å². The molecule has 0 aromatic rings. The van der Waals surface area contributed by atoms with E-state index in [4.69, 9.17) is 14.2 Å². The molecular formula is C14H22O6. The van der Waals surface area contributed by atoms with Crippen molar-refractivity contribution in [2.45, 2.75) is 33.1 Å². The molecule has 1 atom stereocenters. The maximum atomic E-state index is 11.3. The first-order valence-corrected chi connectivity index (χ1v) is 6.62. The highest BCUT2D eigenvalue weighted by molar-refractivity contribution is 5.81. The first-order valence-electron chi connectivity index (χ1n) is 6.62. The second-order valence-electron chi connectivity index (χ2n) is 4.17. The van der Waals surface area contributed by atoms with Crippen LogP contribution < -0.4 is 0 Å². The van der Waals surface area contributed by atoms with Gasteiger partial charge in [0.15, 0.2) is 0 Å². The fourth-order valence-corrected chi connectivity index (χ4v) is 1.09. The molecule has 20 heavy (non-hydrogen) atoms. The van der Waals surface area contributed by atoms with Crippen molar-refractivity contribution in [2.75, 3.05) is 19.8 Å². The van der Waals surface area contributed by atoms with Gasteiger partial charge in [-0.25, -0.2) is 4.79 Å². The maximum Gasteiger partial charge on any atom is 0.330 e. The van der Waals surface area contributed by atoms with Crippen LogP contribution in [0, 0.1) is 5.92 Å². The monoisotopic (exact) mass is 286 g/mol. The van der Waals surface area contributed by atoms with Gasteiger partial charge in [0.1, 0.15) is 6.61 Å². The van der Waals surface area contributed by atoms with Gasteiger partial charge in [-0.2, -0.15) is 0 Å². The van der Waals surface area contributed by atoms with E-state index in [1.54, 1.807) is 6.92 Å². The Hall–Kier alpha value is -1.85. The SMILES string of the molecule is C=CC(=O)OCCCOC(=O)CCOC(=O)C(C)CC. The molecule has 0 spiro atoms. The summed E-state index contributed by atoms with van der Waals surface area (Å²) in [5, 5.41) is 0. The van der Waals surface area contributed by atoms with Crippen LogP contribution in [0.25, 0.3) is 0 Å². The summed E-state index contributed by atoms with van der Waals surface area (Å²) < 4.78 is 14.5. The molecule has 6 nitrogen and oxygen atoms in total. The molecular weight excluding hydrogens is 264 g/mol. The second kappa shape index (κ2) is 11.0. The van der Waals surface area contributed by atoms with E-state index in [1.165, 1.54) is 0 Å². The van der Waals surface area contributed by atoms with Crippen LogP contribution in [0.3, 0.4) is 0 Å². The summed E-state index contributed by atoms with van der Waals surface area (Å²) in [5.41, 5.74) is 0. The van der Waals surface area contributed by atoms with Crippen molar-refractivity contribution in [3.05, 3.63) is 12.7 Å². The lowest BCUT2D eigenvalue weighted by molar-refractivity contribution is -0.152. The molecule has 0 aliphatic heterocycles. The van der Waals surface area contributed by atoms with Crippen LogP contribution in [0.1, 0.15) is 33.1 Å². The lowest BCUT2D eigenvalue weighted by atomic mass is 10.1. The van der Waals surface area contributed by atoms with Crippen LogP contribution in [0.15, 0.2) is 12.7 Å². The molecule has 0 fully saturated rings. The van der Waals surface area contributed by atoms with Gasteiger partial charge in [0, 0.05) is 12.5 Å². The van der Waals surface area contributed by atoms with Gasteiger partial charge in [0.25, 0.3) is 0 Å². The van der Waals surface area contributed by atoms with Crippen LogP contribution in [0.4, 0.5) is 0 Å². The Morgan fingerprint density at radius 3 is 2.35 bits per heavy atom. The van der Waals surface area contributed by atoms with E-state index in [0.29, 0.717) is 12.8 Å². The molecule has 0 aliphatic carbocycles. The Kier molecular flexibility index (Phi) is 10.00. The van der Waals surface area contributed by atoms with Gasteiger partial charge in [-0.05, 0) is 6.42 Å². The van der Waals surface area contributed by atoms with E-state index in [1.807, 2.05) is 6.92 Å². The summed E-state index contributed by atoms with van der Waals surface area (Å²) in [6.07, 6.45) is 2.21. The Labute approximate surface area is 119 Å². The van der Waals surface area contributed by atoms with E-state index >= 15 is 0 Å². The Morgan fingerprint density at radius 1 is 1.10 bits per heavy atom. The molecule has 6 heteroatoms. The molecule has 0 rings (SSSR count). The van der Waals surface area contributed by atoms with E-state index in [2.05, 4.69) is 6.58 Å². The van der Waals surface area contributed by atoms with Crippen LogP contribution >= 0.6 is 0 Å².